The number of carbonyl (C=O) groups excluding carboxylic acids is 2. The molecule has 124 valence electrons. The molecule has 6 nitrogen and oxygen atoms in total. The lowest BCUT2D eigenvalue weighted by molar-refractivity contribution is -0.135. The van der Waals surface area contributed by atoms with Crippen molar-refractivity contribution in [1.29, 1.82) is 0 Å². The van der Waals surface area contributed by atoms with Gasteiger partial charge in [-0.25, -0.2) is 4.79 Å². The average Bonchev–Trinajstić information content (AvgIpc) is 3.00. The van der Waals surface area contributed by atoms with Crippen molar-refractivity contribution in [3.63, 3.8) is 0 Å². The first-order valence-corrected chi connectivity index (χ1v) is 7.83. The molecule has 0 bridgehead atoms. The van der Waals surface area contributed by atoms with Crippen molar-refractivity contribution in [2.75, 3.05) is 6.61 Å². The summed E-state index contributed by atoms with van der Waals surface area (Å²) in [5, 5.41) is 2.68. The first-order valence-electron chi connectivity index (χ1n) is 7.83. The van der Waals surface area contributed by atoms with E-state index in [1.807, 2.05) is 30.3 Å². The van der Waals surface area contributed by atoms with Gasteiger partial charge in [0.15, 0.2) is 6.23 Å². The summed E-state index contributed by atoms with van der Waals surface area (Å²) in [7, 11) is 0. The molecule has 3 atom stereocenters. The fourth-order valence-corrected chi connectivity index (χ4v) is 3.03. The third kappa shape index (κ3) is 3.32. The number of fused-ring (bicyclic) bond motifs is 1. The molecular formula is C17H22N2O4. The molecule has 0 unspecified atom stereocenters. The molecule has 0 aromatic heterocycles. The number of ether oxygens (including phenoxy) is 2. The summed E-state index contributed by atoms with van der Waals surface area (Å²) in [4.78, 5) is 26.3. The number of benzene rings is 1. The Labute approximate surface area is 135 Å². The van der Waals surface area contributed by atoms with E-state index in [1.54, 1.807) is 25.7 Å². The van der Waals surface area contributed by atoms with Gasteiger partial charge in [0.25, 0.3) is 0 Å². The van der Waals surface area contributed by atoms with Gasteiger partial charge in [0.05, 0.1) is 12.6 Å². The summed E-state index contributed by atoms with van der Waals surface area (Å²) in [5.41, 5.74) is 0.360. The first-order chi connectivity index (χ1) is 10.8. The monoisotopic (exact) mass is 318 g/mol. The largest absolute Gasteiger partial charge is 0.444 e. The maximum Gasteiger partial charge on any atom is 0.408 e. The van der Waals surface area contributed by atoms with Crippen LogP contribution in [0.5, 0.6) is 0 Å². The SMILES string of the molecule is CC(C)(C)OC(=O)N[C@H]1C[C@H]2CO[C@H](c3ccccc3)N2C1=O. The second-order valence-electron chi connectivity index (χ2n) is 6.93. The third-order valence-electron chi connectivity index (χ3n) is 3.93. The molecule has 2 fully saturated rings. The van der Waals surface area contributed by atoms with E-state index < -0.39 is 17.7 Å². The van der Waals surface area contributed by atoms with Gasteiger partial charge in [0.1, 0.15) is 11.6 Å². The summed E-state index contributed by atoms with van der Waals surface area (Å²) in [5.74, 6) is -0.118. The summed E-state index contributed by atoms with van der Waals surface area (Å²) in [6.07, 6.45) is -0.394. The van der Waals surface area contributed by atoms with Crippen molar-refractivity contribution in [3.05, 3.63) is 35.9 Å². The molecule has 2 amide bonds. The Bertz CT molecular complexity index is 596. The molecule has 1 N–H and O–H groups in total. The minimum absolute atomic E-state index is 0.00681. The van der Waals surface area contributed by atoms with E-state index in [9.17, 15) is 9.59 Å². The highest BCUT2D eigenvalue weighted by atomic mass is 16.6. The van der Waals surface area contributed by atoms with Gasteiger partial charge < -0.3 is 19.7 Å². The number of nitrogens with zero attached hydrogens (tertiary/aromatic N) is 1. The Kier molecular flexibility index (Phi) is 4.02. The number of hydrogen-bond acceptors (Lipinski definition) is 4. The van der Waals surface area contributed by atoms with Crippen molar-refractivity contribution in [3.8, 4) is 0 Å². The molecule has 6 heteroatoms. The zero-order valence-electron chi connectivity index (χ0n) is 13.6. The highest BCUT2D eigenvalue weighted by Crippen LogP contribution is 2.37. The number of rotatable bonds is 2. The molecule has 2 saturated heterocycles. The smallest absolute Gasteiger partial charge is 0.408 e. The van der Waals surface area contributed by atoms with E-state index >= 15 is 0 Å². The fourth-order valence-electron chi connectivity index (χ4n) is 3.03. The van der Waals surface area contributed by atoms with Crippen molar-refractivity contribution >= 4 is 12.0 Å². The molecule has 2 heterocycles. The Morgan fingerprint density at radius 2 is 2.00 bits per heavy atom. The van der Waals surface area contributed by atoms with Crippen molar-refractivity contribution in [2.24, 2.45) is 0 Å². The quantitative estimate of drug-likeness (QED) is 0.908. The van der Waals surface area contributed by atoms with Gasteiger partial charge in [0.2, 0.25) is 5.91 Å². The van der Waals surface area contributed by atoms with Gasteiger partial charge in [-0.2, -0.15) is 0 Å². The second kappa shape index (κ2) is 5.85. The number of hydrogen-bond donors (Lipinski definition) is 1. The maximum atomic E-state index is 12.6. The van der Waals surface area contributed by atoms with Crippen molar-refractivity contribution in [2.45, 2.75) is 51.1 Å². The zero-order chi connectivity index (χ0) is 16.6. The molecule has 0 spiro atoms. The van der Waals surface area contributed by atoms with Gasteiger partial charge in [-0.1, -0.05) is 30.3 Å². The zero-order valence-corrected chi connectivity index (χ0v) is 13.6. The van der Waals surface area contributed by atoms with Crippen LogP contribution in [-0.4, -0.2) is 41.2 Å². The third-order valence-corrected chi connectivity index (χ3v) is 3.93. The second-order valence-corrected chi connectivity index (χ2v) is 6.93. The highest BCUT2D eigenvalue weighted by molar-refractivity contribution is 5.88. The van der Waals surface area contributed by atoms with Crippen LogP contribution >= 0.6 is 0 Å². The minimum atomic E-state index is -0.586. The highest BCUT2D eigenvalue weighted by Gasteiger charge is 2.48. The Morgan fingerprint density at radius 3 is 2.65 bits per heavy atom. The van der Waals surface area contributed by atoms with Gasteiger partial charge in [-0.15, -0.1) is 0 Å². The van der Waals surface area contributed by atoms with Crippen LogP contribution in [0.25, 0.3) is 0 Å². The van der Waals surface area contributed by atoms with Gasteiger partial charge in [-0.05, 0) is 27.2 Å². The lowest BCUT2D eigenvalue weighted by atomic mass is 10.2. The molecule has 1 aromatic carbocycles. The van der Waals surface area contributed by atoms with E-state index in [0.29, 0.717) is 13.0 Å². The first kappa shape index (κ1) is 15.8. The molecule has 3 rings (SSSR count). The van der Waals surface area contributed by atoms with Crippen molar-refractivity contribution in [1.82, 2.24) is 10.2 Å². The van der Waals surface area contributed by atoms with Crippen LogP contribution < -0.4 is 5.32 Å². The van der Waals surface area contributed by atoms with Gasteiger partial charge in [-0.3, -0.25) is 4.79 Å². The Balaban J connectivity index is 1.68. The fraction of sp³-hybridized carbons (Fsp3) is 0.529. The maximum absolute atomic E-state index is 12.6. The summed E-state index contributed by atoms with van der Waals surface area (Å²) in [6, 6.07) is 9.09. The predicted octanol–water partition coefficient (Wildman–Crippen LogP) is 2.21. The summed E-state index contributed by atoms with van der Waals surface area (Å²) >= 11 is 0. The number of amides is 2. The molecule has 1 aromatic rings. The van der Waals surface area contributed by atoms with Gasteiger partial charge in [0, 0.05) is 5.56 Å². The average molecular weight is 318 g/mol. The van der Waals surface area contributed by atoms with E-state index in [4.69, 9.17) is 9.47 Å². The summed E-state index contributed by atoms with van der Waals surface area (Å²) < 4.78 is 11.0. The van der Waals surface area contributed by atoms with Crippen LogP contribution in [0.15, 0.2) is 30.3 Å². The number of carbonyl (C=O) groups is 2. The van der Waals surface area contributed by atoms with Crippen LogP contribution in [-0.2, 0) is 14.3 Å². The van der Waals surface area contributed by atoms with Crippen LogP contribution in [0.4, 0.5) is 4.79 Å². The summed E-state index contributed by atoms with van der Waals surface area (Å²) in [6.45, 7) is 5.86. The Morgan fingerprint density at radius 1 is 1.30 bits per heavy atom. The van der Waals surface area contributed by atoms with E-state index in [0.717, 1.165) is 5.56 Å². The number of alkyl carbamates (subject to hydrolysis) is 1. The van der Waals surface area contributed by atoms with Crippen LogP contribution in [0.1, 0.15) is 39.0 Å². The van der Waals surface area contributed by atoms with E-state index in [2.05, 4.69) is 5.32 Å². The predicted molar refractivity (Wildman–Crippen MR) is 83.5 cm³/mol. The molecule has 0 aliphatic carbocycles. The molecule has 2 aliphatic rings. The Hall–Kier alpha value is -2.08. The topological polar surface area (TPSA) is 67.9 Å². The van der Waals surface area contributed by atoms with E-state index in [1.165, 1.54) is 0 Å². The normalized spacial score (nSPS) is 27.0. The van der Waals surface area contributed by atoms with Crippen LogP contribution in [0, 0.1) is 0 Å². The lowest BCUT2D eigenvalue weighted by Crippen LogP contribution is -2.44. The number of nitrogens with one attached hydrogen (secondary N) is 1. The van der Waals surface area contributed by atoms with Gasteiger partial charge >= 0.3 is 6.09 Å². The molecule has 0 radical (unpaired) electrons. The molecule has 0 saturated carbocycles. The minimum Gasteiger partial charge on any atom is -0.444 e. The standard InChI is InChI=1S/C17H22N2O4/c1-17(2,3)23-16(21)18-13-9-12-10-22-15(19(12)14(13)20)11-7-5-4-6-8-11/h4-8,12-13,15H,9-10H2,1-3H3,(H,18,21)/t12-,13-,15+/m0/s1. The molecule has 23 heavy (non-hydrogen) atoms. The molecular weight excluding hydrogens is 296 g/mol. The van der Waals surface area contributed by atoms with Crippen molar-refractivity contribution < 1.29 is 19.1 Å². The van der Waals surface area contributed by atoms with Crippen LogP contribution in [0.2, 0.25) is 0 Å². The van der Waals surface area contributed by atoms with E-state index in [-0.39, 0.29) is 18.2 Å². The molecule has 2 aliphatic heterocycles. The van der Waals surface area contributed by atoms with Crippen LogP contribution in [0.3, 0.4) is 0 Å². The lowest BCUT2D eigenvalue weighted by Gasteiger charge is -2.24.